The van der Waals surface area contributed by atoms with Crippen molar-refractivity contribution in [2.75, 3.05) is 10.8 Å². The van der Waals surface area contributed by atoms with Gasteiger partial charge in [0.1, 0.15) is 12.6 Å². The van der Waals surface area contributed by atoms with Gasteiger partial charge in [0.25, 0.3) is 10.0 Å². The molecule has 0 unspecified atom stereocenters. The van der Waals surface area contributed by atoms with Crippen LogP contribution in [0.15, 0.2) is 82.2 Å². The zero-order valence-corrected chi connectivity index (χ0v) is 26.5. The third-order valence-electron chi connectivity index (χ3n) is 6.15. The molecule has 0 saturated heterocycles. The predicted octanol–water partition coefficient (Wildman–Crippen LogP) is 6.33. The van der Waals surface area contributed by atoms with Crippen LogP contribution in [0.2, 0.25) is 5.02 Å². The van der Waals surface area contributed by atoms with Crippen molar-refractivity contribution in [3.05, 3.63) is 93.4 Å². The maximum atomic E-state index is 14.1. The molecule has 0 fully saturated rings. The second-order valence-electron chi connectivity index (χ2n) is 10.6. The van der Waals surface area contributed by atoms with E-state index in [4.69, 9.17) is 11.6 Å². The van der Waals surface area contributed by atoms with Gasteiger partial charge in [-0.15, -0.1) is 0 Å². The molecule has 3 aromatic carbocycles. The van der Waals surface area contributed by atoms with E-state index in [1.807, 2.05) is 34.6 Å². The average Bonchev–Trinajstić information content (AvgIpc) is 2.88. The lowest BCUT2D eigenvalue weighted by atomic mass is 10.1. The Hall–Kier alpha value is -2.88. The third-order valence-corrected chi connectivity index (χ3v) is 8.72. The molecule has 0 aliphatic carbocycles. The van der Waals surface area contributed by atoms with Crippen LogP contribution in [0.1, 0.15) is 45.2 Å². The Morgan fingerprint density at radius 3 is 2.05 bits per heavy atom. The number of carbonyl (C=O) groups excluding carboxylic acids is 2. The monoisotopic (exact) mass is 647 g/mol. The summed E-state index contributed by atoms with van der Waals surface area (Å²) >= 11 is 9.45. The summed E-state index contributed by atoms with van der Waals surface area (Å²) in [5.41, 5.74) is 1.49. The molecule has 0 spiro atoms. The van der Waals surface area contributed by atoms with Gasteiger partial charge < -0.3 is 10.2 Å². The number of halogens is 2. The van der Waals surface area contributed by atoms with Crippen molar-refractivity contribution in [1.29, 1.82) is 0 Å². The van der Waals surface area contributed by atoms with Crippen molar-refractivity contribution in [3.8, 4) is 0 Å². The second kappa shape index (κ2) is 13.2. The normalized spacial score (nSPS) is 12.5. The summed E-state index contributed by atoms with van der Waals surface area (Å²) in [4.78, 5) is 28.9. The van der Waals surface area contributed by atoms with E-state index < -0.39 is 34.1 Å². The highest BCUT2D eigenvalue weighted by molar-refractivity contribution is 9.10. The number of sulfonamides is 1. The van der Waals surface area contributed by atoms with Gasteiger partial charge in [-0.1, -0.05) is 64.3 Å². The van der Waals surface area contributed by atoms with Crippen molar-refractivity contribution < 1.29 is 18.0 Å². The van der Waals surface area contributed by atoms with Crippen LogP contribution in [0, 0.1) is 6.92 Å². The molecule has 0 aliphatic rings. The first-order valence-electron chi connectivity index (χ1n) is 12.9. The molecule has 0 saturated carbocycles. The van der Waals surface area contributed by atoms with Crippen LogP contribution < -0.4 is 9.62 Å². The Balaban J connectivity index is 2.06. The summed E-state index contributed by atoms with van der Waals surface area (Å²) in [6.45, 7) is 8.90. The number of anilines is 1. The number of amides is 2. The smallest absolute Gasteiger partial charge is 0.264 e. The van der Waals surface area contributed by atoms with E-state index in [0.717, 1.165) is 19.9 Å². The van der Waals surface area contributed by atoms with Gasteiger partial charge in [-0.25, -0.2) is 8.42 Å². The van der Waals surface area contributed by atoms with E-state index in [1.165, 1.54) is 17.0 Å². The lowest BCUT2D eigenvalue weighted by Crippen LogP contribution is -2.55. The van der Waals surface area contributed by atoms with Gasteiger partial charge in [-0.3, -0.25) is 13.9 Å². The largest absolute Gasteiger partial charge is 0.350 e. The van der Waals surface area contributed by atoms with Gasteiger partial charge in [0.05, 0.1) is 10.6 Å². The van der Waals surface area contributed by atoms with Gasteiger partial charge in [0.15, 0.2) is 0 Å². The van der Waals surface area contributed by atoms with Crippen LogP contribution in [0.3, 0.4) is 0 Å². The third kappa shape index (κ3) is 8.32. The predicted molar refractivity (Wildman–Crippen MR) is 164 cm³/mol. The minimum absolute atomic E-state index is 0.0654. The average molecular weight is 649 g/mol. The van der Waals surface area contributed by atoms with Gasteiger partial charge in [0.2, 0.25) is 11.8 Å². The van der Waals surface area contributed by atoms with Crippen LogP contribution in [-0.4, -0.2) is 43.3 Å². The molecule has 0 aromatic heterocycles. The van der Waals surface area contributed by atoms with Crippen LogP contribution in [-0.2, 0) is 26.2 Å². The molecule has 214 valence electrons. The summed E-state index contributed by atoms with van der Waals surface area (Å²) in [7, 11) is -4.12. The number of hydrogen-bond donors (Lipinski definition) is 1. The topological polar surface area (TPSA) is 86.8 Å². The summed E-state index contributed by atoms with van der Waals surface area (Å²) in [6.07, 6.45) is 0.338. The van der Waals surface area contributed by atoms with Gasteiger partial charge in [0, 0.05) is 21.6 Å². The molecule has 7 nitrogen and oxygen atoms in total. The van der Waals surface area contributed by atoms with Crippen LogP contribution in [0.4, 0.5) is 5.69 Å². The second-order valence-corrected chi connectivity index (χ2v) is 13.8. The molecule has 0 radical (unpaired) electrons. The number of carbonyl (C=O) groups is 2. The molecule has 3 aromatic rings. The molecule has 0 heterocycles. The Labute approximate surface area is 250 Å². The standard InChI is InChI=1S/C30H35BrClN3O4S/c1-6-27(29(37)33-30(3,4)5)34(19-22-9-13-24(32)14-10-22)28(36)20-35(25-15-11-23(31)12-16-25)40(38,39)26-17-7-21(2)8-18-26/h7-18,27H,6,19-20H2,1-5H3,(H,33,37)/t27-/m1/s1. The first-order chi connectivity index (χ1) is 18.7. The Morgan fingerprint density at radius 1 is 0.950 bits per heavy atom. The van der Waals surface area contributed by atoms with E-state index in [9.17, 15) is 18.0 Å². The Kier molecular flexibility index (Phi) is 10.4. The highest BCUT2D eigenvalue weighted by Gasteiger charge is 2.34. The zero-order valence-electron chi connectivity index (χ0n) is 23.3. The number of nitrogens with zero attached hydrogens (tertiary/aromatic N) is 2. The molecule has 40 heavy (non-hydrogen) atoms. The molecule has 0 bridgehead atoms. The van der Waals surface area contributed by atoms with E-state index in [1.54, 1.807) is 60.7 Å². The van der Waals surface area contributed by atoms with Crippen molar-refractivity contribution >= 4 is 55.1 Å². The molecule has 2 amide bonds. The number of hydrogen-bond acceptors (Lipinski definition) is 4. The number of benzene rings is 3. The summed E-state index contributed by atoms with van der Waals surface area (Å²) in [5.74, 6) is -0.821. The first-order valence-corrected chi connectivity index (χ1v) is 15.5. The maximum Gasteiger partial charge on any atom is 0.264 e. The minimum Gasteiger partial charge on any atom is -0.350 e. The summed E-state index contributed by atoms with van der Waals surface area (Å²) < 4.78 is 29.6. The van der Waals surface area contributed by atoms with Crippen molar-refractivity contribution in [3.63, 3.8) is 0 Å². The van der Waals surface area contributed by atoms with Gasteiger partial charge in [-0.05, 0) is 88.2 Å². The quantitative estimate of drug-likeness (QED) is 0.279. The molecule has 3 rings (SSSR count). The lowest BCUT2D eigenvalue weighted by molar-refractivity contribution is -0.141. The van der Waals surface area contributed by atoms with Crippen molar-refractivity contribution in [2.45, 2.75) is 64.1 Å². The highest BCUT2D eigenvalue weighted by atomic mass is 79.9. The highest BCUT2D eigenvalue weighted by Crippen LogP contribution is 2.27. The molecule has 0 aliphatic heterocycles. The fourth-order valence-corrected chi connectivity index (χ4v) is 5.94. The molecule has 10 heteroatoms. The lowest BCUT2D eigenvalue weighted by Gasteiger charge is -2.34. The van der Waals surface area contributed by atoms with Gasteiger partial charge in [-0.2, -0.15) is 0 Å². The first kappa shape index (κ1) is 31.6. The van der Waals surface area contributed by atoms with E-state index in [-0.39, 0.29) is 17.3 Å². The van der Waals surface area contributed by atoms with E-state index >= 15 is 0 Å². The van der Waals surface area contributed by atoms with E-state index in [2.05, 4.69) is 21.2 Å². The molecule has 1 N–H and O–H groups in total. The van der Waals surface area contributed by atoms with Crippen LogP contribution in [0.5, 0.6) is 0 Å². The molecule has 1 atom stereocenters. The van der Waals surface area contributed by atoms with Crippen molar-refractivity contribution in [1.82, 2.24) is 10.2 Å². The fraction of sp³-hybridized carbons (Fsp3) is 0.333. The van der Waals surface area contributed by atoms with E-state index in [0.29, 0.717) is 17.1 Å². The number of aryl methyl sites for hydroxylation is 1. The zero-order chi connectivity index (χ0) is 29.7. The number of nitrogens with one attached hydrogen (secondary N) is 1. The minimum atomic E-state index is -4.12. The number of rotatable bonds is 10. The Bertz CT molecular complexity index is 1420. The van der Waals surface area contributed by atoms with Gasteiger partial charge >= 0.3 is 0 Å². The fourth-order valence-electron chi connectivity index (χ4n) is 4.13. The van der Waals surface area contributed by atoms with Crippen molar-refractivity contribution in [2.24, 2.45) is 0 Å². The summed E-state index contributed by atoms with van der Waals surface area (Å²) in [5, 5.41) is 3.51. The molecular weight excluding hydrogens is 614 g/mol. The summed E-state index contributed by atoms with van der Waals surface area (Å²) in [6, 6.07) is 19.4. The molecular formula is C30H35BrClN3O4S. The SMILES string of the molecule is CC[C@H](C(=O)NC(C)(C)C)N(Cc1ccc(Cl)cc1)C(=O)CN(c1ccc(Br)cc1)S(=O)(=O)c1ccc(C)cc1. The van der Waals surface area contributed by atoms with Crippen LogP contribution >= 0.6 is 27.5 Å². The van der Waals surface area contributed by atoms with Crippen LogP contribution in [0.25, 0.3) is 0 Å². The Morgan fingerprint density at radius 2 is 1.52 bits per heavy atom. The maximum absolute atomic E-state index is 14.1.